The van der Waals surface area contributed by atoms with Gasteiger partial charge >= 0.3 is 6.09 Å². The van der Waals surface area contributed by atoms with E-state index in [9.17, 15) is 9.59 Å². The molecule has 2 fully saturated rings. The summed E-state index contributed by atoms with van der Waals surface area (Å²) in [5, 5.41) is 0. The van der Waals surface area contributed by atoms with Crippen molar-refractivity contribution >= 4 is 17.7 Å². The lowest BCUT2D eigenvalue weighted by Crippen LogP contribution is -2.49. The Morgan fingerprint density at radius 2 is 1.44 bits per heavy atom. The smallest absolute Gasteiger partial charge is 0.410 e. The van der Waals surface area contributed by atoms with E-state index in [1.807, 2.05) is 60.5 Å². The molecule has 2 aromatic carbocycles. The molecular formula is C27H36N4O5. The summed E-state index contributed by atoms with van der Waals surface area (Å²) < 4.78 is 16.7. The normalized spacial score (nSPS) is 17.5. The zero-order chi connectivity index (χ0) is 25.5. The van der Waals surface area contributed by atoms with E-state index in [-0.39, 0.29) is 18.4 Å². The largest absolute Gasteiger partial charge is 0.493 e. The highest BCUT2D eigenvalue weighted by atomic mass is 16.6. The van der Waals surface area contributed by atoms with Crippen LogP contribution in [0.25, 0.3) is 0 Å². The van der Waals surface area contributed by atoms with Crippen LogP contribution in [0.1, 0.15) is 18.1 Å². The number of rotatable bonds is 7. The molecule has 9 heteroatoms. The van der Waals surface area contributed by atoms with Crippen molar-refractivity contribution in [2.24, 2.45) is 0 Å². The average Bonchev–Trinajstić information content (AvgIpc) is 2.93. The number of carbonyl (C=O) groups is 2. The molecule has 0 aromatic heterocycles. The Morgan fingerprint density at radius 1 is 0.806 bits per heavy atom. The van der Waals surface area contributed by atoms with Gasteiger partial charge in [-0.1, -0.05) is 30.3 Å². The van der Waals surface area contributed by atoms with E-state index in [0.29, 0.717) is 50.8 Å². The molecule has 4 rings (SSSR count). The fraction of sp³-hybridized carbons (Fsp3) is 0.481. The molecule has 1 atom stereocenters. The second-order valence-electron chi connectivity index (χ2n) is 9.18. The Hall–Kier alpha value is -3.46. The number of ether oxygens (including phenoxy) is 3. The number of amides is 2. The zero-order valence-electron chi connectivity index (χ0n) is 21.4. The monoisotopic (exact) mass is 496 g/mol. The van der Waals surface area contributed by atoms with Crippen LogP contribution in [-0.4, -0.2) is 100 Å². The fourth-order valence-corrected chi connectivity index (χ4v) is 4.60. The van der Waals surface area contributed by atoms with Crippen LogP contribution in [0.5, 0.6) is 11.5 Å². The molecule has 0 aliphatic carbocycles. The molecule has 0 radical (unpaired) electrons. The van der Waals surface area contributed by atoms with Crippen molar-refractivity contribution in [3.63, 3.8) is 0 Å². The molecule has 2 heterocycles. The Bertz CT molecular complexity index is 1020. The van der Waals surface area contributed by atoms with Gasteiger partial charge in [-0.2, -0.15) is 0 Å². The summed E-state index contributed by atoms with van der Waals surface area (Å²) >= 11 is 0. The Kier molecular flexibility index (Phi) is 8.53. The quantitative estimate of drug-likeness (QED) is 0.584. The highest BCUT2D eigenvalue weighted by Gasteiger charge is 2.29. The van der Waals surface area contributed by atoms with Gasteiger partial charge in [-0.05, 0) is 24.7 Å². The Morgan fingerprint density at radius 3 is 2.08 bits per heavy atom. The maximum Gasteiger partial charge on any atom is 0.410 e. The van der Waals surface area contributed by atoms with Gasteiger partial charge in [0.05, 0.1) is 20.6 Å². The van der Waals surface area contributed by atoms with E-state index in [1.54, 1.807) is 19.1 Å². The van der Waals surface area contributed by atoms with Gasteiger partial charge in [-0.25, -0.2) is 4.79 Å². The van der Waals surface area contributed by atoms with Crippen molar-refractivity contribution < 1.29 is 23.8 Å². The van der Waals surface area contributed by atoms with Gasteiger partial charge in [0.2, 0.25) is 5.91 Å². The predicted molar refractivity (Wildman–Crippen MR) is 138 cm³/mol. The summed E-state index contributed by atoms with van der Waals surface area (Å²) in [7, 11) is 5.28. The molecule has 0 unspecified atom stereocenters. The SMILES string of the molecule is COc1ccc(N2CCN(C(=O)C[C@@H](OC(=O)N3CCN(C)CC3)c3ccccc3)CC2)cc1OC. The van der Waals surface area contributed by atoms with E-state index in [2.05, 4.69) is 9.80 Å². The lowest BCUT2D eigenvalue weighted by atomic mass is 10.1. The molecular weight excluding hydrogens is 460 g/mol. The third-order valence-electron chi connectivity index (χ3n) is 6.90. The van der Waals surface area contributed by atoms with E-state index in [1.165, 1.54) is 0 Å². The summed E-state index contributed by atoms with van der Waals surface area (Å²) in [6, 6.07) is 15.4. The number of carbonyl (C=O) groups excluding carboxylic acids is 2. The maximum atomic E-state index is 13.3. The van der Waals surface area contributed by atoms with Crippen LogP contribution >= 0.6 is 0 Å². The number of hydrogen-bond acceptors (Lipinski definition) is 7. The minimum Gasteiger partial charge on any atom is -0.493 e. The van der Waals surface area contributed by atoms with E-state index < -0.39 is 6.10 Å². The highest BCUT2D eigenvalue weighted by molar-refractivity contribution is 5.78. The third kappa shape index (κ3) is 6.20. The number of hydrogen-bond donors (Lipinski definition) is 0. The van der Waals surface area contributed by atoms with Crippen LogP contribution < -0.4 is 14.4 Å². The van der Waals surface area contributed by atoms with Gasteiger partial charge in [0.15, 0.2) is 11.5 Å². The van der Waals surface area contributed by atoms with Crippen molar-refractivity contribution in [1.29, 1.82) is 0 Å². The Labute approximate surface area is 213 Å². The number of likely N-dealkylation sites (N-methyl/N-ethyl adjacent to an activating group) is 1. The first-order valence-corrected chi connectivity index (χ1v) is 12.4. The first kappa shape index (κ1) is 25.6. The molecule has 2 amide bonds. The summed E-state index contributed by atoms with van der Waals surface area (Å²) in [6.07, 6.45) is -0.849. The summed E-state index contributed by atoms with van der Waals surface area (Å²) in [4.78, 5) is 34.1. The number of methoxy groups -OCH3 is 2. The van der Waals surface area contributed by atoms with Crippen LogP contribution in [0.4, 0.5) is 10.5 Å². The predicted octanol–water partition coefficient (Wildman–Crippen LogP) is 2.87. The summed E-state index contributed by atoms with van der Waals surface area (Å²) in [5.74, 6) is 1.36. The summed E-state index contributed by atoms with van der Waals surface area (Å²) in [6.45, 7) is 5.49. The van der Waals surface area contributed by atoms with Gasteiger partial charge in [0, 0.05) is 64.1 Å². The van der Waals surface area contributed by atoms with Crippen LogP contribution in [-0.2, 0) is 9.53 Å². The molecule has 2 aliphatic heterocycles. The zero-order valence-corrected chi connectivity index (χ0v) is 21.4. The van der Waals surface area contributed by atoms with Crippen molar-refractivity contribution in [3.05, 3.63) is 54.1 Å². The second kappa shape index (κ2) is 12.0. The Balaban J connectivity index is 1.37. The first-order chi connectivity index (χ1) is 17.5. The lowest BCUT2D eigenvalue weighted by Gasteiger charge is -2.37. The van der Waals surface area contributed by atoms with Crippen molar-refractivity contribution in [3.8, 4) is 11.5 Å². The van der Waals surface area contributed by atoms with E-state index in [0.717, 1.165) is 24.3 Å². The molecule has 0 bridgehead atoms. The summed E-state index contributed by atoms with van der Waals surface area (Å²) in [5.41, 5.74) is 1.86. The minimum absolute atomic E-state index is 0.0120. The van der Waals surface area contributed by atoms with E-state index in [4.69, 9.17) is 14.2 Å². The first-order valence-electron chi connectivity index (χ1n) is 12.4. The van der Waals surface area contributed by atoms with Gasteiger partial charge in [-0.15, -0.1) is 0 Å². The highest BCUT2D eigenvalue weighted by Crippen LogP contribution is 2.32. The average molecular weight is 497 g/mol. The number of anilines is 1. The van der Waals surface area contributed by atoms with Crippen LogP contribution in [0.2, 0.25) is 0 Å². The van der Waals surface area contributed by atoms with Crippen LogP contribution in [0.15, 0.2) is 48.5 Å². The molecule has 0 spiro atoms. The van der Waals surface area contributed by atoms with Gasteiger partial charge in [0.1, 0.15) is 6.10 Å². The van der Waals surface area contributed by atoms with Gasteiger partial charge in [-0.3, -0.25) is 4.79 Å². The second-order valence-corrected chi connectivity index (χ2v) is 9.18. The molecule has 9 nitrogen and oxygen atoms in total. The molecule has 36 heavy (non-hydrogen) atoms. The fourth-order valence-electron chi connectivity index (χ4n) is 4.60. The molecule has 2 aromatic rings. The third-order valence-corrected chi connectivity index (χ3v) is 6.90. The van der Waals surface area contributed by atoms with Crippen LogP contribution in [0, 0.1) is 0 Å². The van der Waals surface area contributed by atoms with Gasteiger partial charge < -0.3 is 33.8 Å². The van der Waals surface area contributed by atoms with Crippen molar-refractivity contribution in [2.75, 3.05) is 78.5 Å². The lowest BCUT2D eigenvalue weighted by molar-refractivity contribution is -0.133. The van der Waals surface area contributed by atoms with E-state index >= 15 is 0 Å². The molecule has 0 saturated carbocycles. The topological polar surface area (TPSA) is 74.8 Å². The van der Waals surface area contributed by atoms with Gasteiger partial charge in [0.25, 0.3) is 0 Å². The number of benzene rings is 2. The van der Waals surface area contributed by atoms with Crippen molar-refractivity contribution in [1.82, 2.24) is 14.7 Å². The van der Waals surface area contributed by atoms with Crippen LogP contribution in [0.3, 0.4) is 0 Å². The standard InChI is InChI=1S/C27H36N4O5/c1-28-11-13-31(14-12-28)27(33)36-24(21-7-5-4-6-8-21)20-26(32)30-17-15-29(16-18-30)22-9-10-23(34-2)25(19-22)35-3/h4-10,19,24H,11-18,20H2,1-3H3/t24-/m1/s1. The minimum atomic E-state index is -0.616. The molecule has 2 saturated heterocycles. The number of piperazine rings is 2. The number of nitrogens with zero attached hydrogens (tertiary/aromatic N) is 4. The maximum absolute atomic E-state index is 13.3. The van der Waals surface area contributed by atoms with Crippen molar-refractivity contribution in [2.45, 2.75) is 12.5 Å². The molecule has 194 valence electrons. The molecule has 0 N–H and O–H groups in total. The molecule has 2 aliphatic rings.